The molecule has 0 aliphatic heterocycles. The summed E-state index contributed by atoms with van der Waals surface area (Å²) in [6.45, 7) is 2.04. The van der Waals surface area contributed by atoms with Crippen LogP contribution in [0, 0.1) is 6.92 Å². The SMILES string of the molecule is Cc1ccc(C=NNC(=O)OCc2ccccc2)o1. The zero-order valence-electron chi connectivity index (χ0n) is 10.5. The van der Waals surface area contributed by atoms with Crippen molar-refractivity contribution in [3.05, 3.63) is 59.5 Å². The molecule has 1 aromatic carbocycles. The summed E-state index contributed by atoms with van der Waals surface area (Å²) in [5, 5.41) is 3.72. The number of rotatable bonds is 4. The monoisotopic (exact) mass is 258 g/mol. The van der Waals surface area contributed by atoms with Gasteiger partial charge in [0.1, 0.15) is 18.1 Å². The molecule has 0 bridgehead atoms. The van der Waals surface area contributed by atoms with Crippen LogP contribution in [0.2, 0.25) is 0 Å². The smallest absolute Gasteiger partial charge is 0.428 e. The molecule has 1 amide bonds. The van der Waals surface area contributed by atoms with Gasteiger partial charge in [-0.2, -0.15) is 5.10 Å². The number of furan rings is 1. The number of hydrogen-bond acceptors (Lipinski definition) is 4. The van der Waals surface area contributed by atoms with E-state index < -0.39 is 6.09 Å². The molecular weight excluding hydrogens is 244 g/mol. The predicted molar refractivity (Wildman–Crippen MR) is 70.8 cm³/mol. The molecule has 0 aliphatic rings. The molecule has 0 atom stereocenters. The van der Waals surface area contributed by atoms with Gasteiger partial charge in [-0.05, 0) is 24.6 Å². The van der Waals surface area contributed by atoms with Crippen LogP contribution in [-0.4, -0.2) is 12.3 Å². The number of nitrogens with one attached hydrogen (secondary N) is 1. The molecule has 2 rings (SSSR count). The highest BCUT2D eigenvalue weighted by atomic mass is 16.6. The highest BCUT2D eigenvalue weighted by Gasteiger charge is 2.00. The second-order valence-corrected chi connectivity index (χ2v) is 3.88. The Labute approximate surface area is 110 Å². The van der Waals surface area contributed by atoms with E-state index in [1.54, 1.807) is 6.07 Å². The maximum absolute atomic E-state index is 11.3. The summed E-state index contributed by atoms with van der Waals surface area (Å²) < 4.78 is 10.2. The van der Waals surface area contributed by atoms with Crippen LogP contribution in [0.1, 0.15) is 17.1 Å². The average Bonchev–Trinajstić information content (AvgIpc) is 2.83. The van der Waals surface area contributed by atoms with E-state index in [0.717, 1.165) is 11.3 Å². The molecule has 0 saturated heterocycles. The molecule has 1 heterocycles. The van der Waals surface area contributed by atoms with Gasteiger partial charge in [0.25, 0.3) is 0 Å². The van der Waals surface area contributed by atoms with Crippen LogP contribution in [0.4, 0.5) is 4.79 Å². The zero-order valence-corrected chi connectivity index (χ0v) is 10.5. The largest absolute Gasteiger partial charge is 0.460 e. The fraction of sp³-hybridized carbons (Fsp3) is 0.143. The van der Waals surface area contributed by atoms with E-state index in [0.29, 0.717) is 5.76 Å². The number of amides is 1. The summed E-state index contributed by atoms with van der Waals surface area (Å²) in [7, 11) is 0. The van der Waals surface area contributed by atoms with E-state index in [9.17, 15) is 4.79 Å². The normalized spacial score (nSPS) is 10.6. The van der Waals surface area contributed by atoms with Crippen molar-refractivity contribution in [1.82, 2.24) is 5.43 Å². The van der Waals surface area contributed by atoms with Crippen molar-refractivity contribution >= 4 is 12.3 Å². The third kappa shape index (κ3) is 4.31. The molecule has 0 saturated carbocycles. The summed E-state index contributed by atoms with van der Waals surface area (Å²) in [6.07, 6.45) is 0.805. The lowest BCUT2D eigenvalue weighted by Gasteiger charge is -2.02. The Morgan fingerprint density at radius 1 is 1.32 bits per heavy atom. The maximum Gasteiger partial charge on any atom is 0.428 e. The molecule has 0 fully saturated rings. The maximum atomic E-state index is 11.3. The molecule has 1 aromatic heterocycles. The van der Waals surface area contributed by atoms with Gasteiger partial charge in [-0.25, -0.2) is 10.2 Å². The van der Waals surface area contributed by atoms with Gasteiger partial charge in [0.05, 0.1) is 6.21 Å². The molecule has 2 aromatic rings. The highest BCUT2D eigenvalue weighted by Crippen LogP contribution is 2.03. The van der Waals surface area contributed by atoms with Gasteiger partial charge < -0.3 is 9.15 Å². The minimum absolute atomic E-state index is 0.210. The van der Waals surface area contributed by atoms with Crippen LogP contribution in [0.3, 0.4) is 0 Å². The lowest BCUT2D eigenvalue weighted by atomic mass is 10.2. The van der Waals surface area contributed by atoms with Crippen LogP contribution in [0.15, 0.2) is 52.0 Å². The third-order valence-electron chi connectivity index (χ3n) is 2.32. The molecule has 5 heteroatoms. The lowest BCUT2D eigenvalue weighted by molar-refractivity contribution is 0.140. The van der Waals surface area contributed by atoms with Crippen LogP contribution in [0.25, 0.3) is 0 Å². The molecule has 0 unspecified atom stereocenters. The number of aryl methyl sites for hydroxylation is 1. The minimum atomic E-state index is -0.608. The second kappa shape index (κ2) is 6.39. The first-order valence-corrected chi connectivity index (χ1v) is 5.80. The first-order chi connectivity index (χ1) is 9.24. The Morgan fingerprint density at radius 3 is 2.79 bits per heavy atom. The van der Waals surface area contributed by atoms with Gasteiger partial charge in [0.2, 0.25) is 0 Å². The minimum Gasteiger partial charge on any atom is -0.460 e. The van der Waals surface area contributed by atoms with Crippen LogP contribution < -0.4 is 5.43 Å². The predicted octanol–water partition coefficient (Wildman–Crippen LogP) is 2.85. The first-order valence-electron chi connectivity index (χ1n) is 5.80. The van der Waals surface area contributed by atoms with Crippen LogP contribution >= 0.6 is 0 Å². The molecule has 98 valence electrons. The van der Waals surface area contributed by atoms with Gasteiger partial charge in [0, 0.05) is 0 Å². The van der Waals surface area contributed by atoms with E-state index >= 15 is 0 Å². The number of carbonyl (C=O) groups excluding carboxylic acids is 1. The second-order valence-electron chi connectivity index (χ2n) is 3.88. The zero-order chi connectivity index (χ0) is 13.5. The first kappa shape index (κ1) is 12.9. The van der Waals surface area contributed by atoms with Gasteiger partial charge in [-0.15, -0.1) is 0 Å². The van der Waals surface area contributed by atoms with Crippen molar-refractivity contribution in [2.24, 2.45) is 5.10 Å². The summed E-state index contributed by atoms with van der Waals surface area (Å²) in [6, 6.07) is 13.0. The van der Waals surface area contributed by atoms with E-state index in [-0.39, 0.29) is 6.61 Å². The Bertz CT molecular complexity index is 561. The van der Waals surface area contributed by atoms with E-state index in [2.05, 4.69) is 10.5 Å². The van der Waals surface area contributed by atoms with Gasteiger partial charge >= 0.3 is 6.09 Å². The number of hydrazone groups is 1. The van der Waals surface area contributed by atoms with E-state index in [1.165, 1.54) is 6.21 Å². The molecule has 5 nitrogen and oxygen atoms in total. The molecule has 0 aliphatic carbocycles. The number of benzene rings is 1. The van der Waals surface area contributed by atoms with Crippen molar-refractivity contribution < 1.29 is 13.9 Å². The standard InChI is InChI=1S/C14H14N2O3/c1-11-7-8-13(19-11)9-15-16-14(17)18-10-12-5-3-2-4-6-12/h2-9H,10H2,1H3,(H,16,17). The van der Waals surface area contributed by atoms with E-state index in [1.807, 2.05) is 43.3 Å². The highest BCUT2D eigenvalue weighted by molar-refractivity contribution is 5.77. The number of carbonyl (C=O) groups is 1. The topological polar surface area (TPSA) is 63.8 Å². The fourth-order valence-electron chi connectivity index (χ4n) is 1.43. The van der Waals surface area contributed by atoms with Crippen molar-refractivity contribution in [1.29, 1.82) is 0 Å². The fourth-order valence-corrected chi connectivity index (χ4v) is 1.43. The lowest BCUT2D eigenvalue weighted by Crippen LogP contribution is -2.18. The Balaban J connectivity index is 1.74. The summed E-state index contributed by atoms with van der Waals surface area (Å²) in [5.41, 5.74) is 3.18. The van der Waals surface area contributed by atoms with Gasteiger partial charge in [0.15, 0.2) is 0 Å². The number of hydrogen-bond donors (Lipinski definition) is 1. The summed E-state index contributed by atoms with van der Waals surface area (Å²) >= 11 is 0. The molecule has 1 N–H and O–H groups in total. The van der Waals surface area contributed by atoms with Gasteiger partial charge in [-0.1, -0.05) is 30.3 Å². The average molecular weight is 258 g/mol. The Morgan fingerprint density at radius 2 is 2.11 bits per heavy atom. The number of ether oxygens (including phenoxy) is 1. The van der Waals surface area contributed by atoms with Crippen LogP contribution in [-0.2, 0) is 11.3 Å². The number of nitrogens with zero attached hydrogens (tertiary/aromatic N) is 1. The van der Waals surface area contributed by atoms with Crippen LogP contribution in [0.5, 0.6) is 0 Å². The van der Waals surface area contributed by atoms with Crippen molar-refractivity contribution in [2.45, 2.75) is 13.5 Å². The summed E-state index contributed by atoms with van der Waals surface area (Å²) in [5.74, 6) is 1.36. The van der Waals surface area contributed by atoms with Crippen molar-refractivity contribution in [2.75, 3.05) is 0 Å². The van der Waals surface area contributed by atoms with E-state index in [4.69, 9.17) is 9.15 Å². The molecular formula is C14H14N2O3. The Kier molecular flexibility index (Phi) is 4.34. The Hall–Kier alpha value is -2.56. The van der Waals surface area contributed by atoms with Crippen molar-refractivity contribution in [3.8, 4) is 0 Å². The molecule has 19 heavy (non-hydrogen) atoms. The third-order valence-corrected chi connectivity index (χ3v) is 2.32. The van der Waals surface area contributed by atoms with Crippen molar-refractivity contribution in [3.63, 3.8) is 0 Å². The quantitative estimate of drug-likeness (QED) is 0.677. The van der Waals surface area contributed by atoms with Gasteiger partial charge in [-0.3, -0.25) is 0 Å². The molecule has 0 radical (unpaired) electrons. The molecule has 0 spiro atoms. The summed E-state index contributed by atoms with van der Waals surface area (Å²) in [4.78, 5) is 11.3.